The van der Waals surface area contributed by atoms with Gasteiger partial charge in [-0.1, -0.05) is 6.92 Å². The van der Waals surface area contributed by atoms with Crippen molar-refractivity contribution in [2.75, 3.05) is 5.32 Å². The number of nitrogens with one attached hydrogen (secondary N) is 1. The highest BCUT2D eigenvalue weighted by Crippen LogP contribution is 2.40. The van der Waals surface area contributed by atoms with Gasteiger partial charge in [0.05, 0.1) is 11.7 Å². The zero-order chi connectivity index (χ0) is 21.1. The molecule has 0 saturated carbocycles. The molecule has 1 aliphatic carbocycles. The average Bonchev–Trinajstić information content (AvgIpc) is 2.97. The van der Waals surface area contributed by atoms with Crippen LogP contribution in [0, 0.1) is 5.92 Å². The second-order valence-electron chi connectivity index (χ2n) is 7.69. The number of aromatic nitrogens is 1. The lowest BCUT2D eigenvalue weighted by Gasteiger charge is -2.18. The number of rotatable bonds is 6. The van der Waals surface area contributed by atoms with Gasteiger partial charge in [-0.3, -0.25) is 9.59 Å². The Bertz CT molecular complexity index is 951. The van der Waals surface area contributed by atoms with Gasteiger partial charge in [0.1, 0.15) is 10.6 Å². The summed E-state index contributed by atoms with van der Waals surface area (Å²) < 4.78 is 7.01. The number of hydrogen-bond donors (Lipinski definition) is 2. The van der Waals surface area contributed by atoms with E-state index >= 15 is 0 Å². The summed E-state index contributed by atoms with van der Waals surface area (Å²) in [6, 6.07) is 3.25. The molecule has 0 spiro atoms. The first kappa shape index (κ1) is 21.0. The van der Waals surface area contributed by atoms with Gasteiger partial charge >= 0.3 is 5.97 Å². The van der Waals surface area contributed by atoms with E-state index < -0.39 is 11.9 Å². The van der Waals surface area contributed by atoms with Crippen LogP contribution in [0.25, 0.3) is 0 Å². The largest absolute Gasteiger partial charge is 0.459 e. The van der Waals surface area contributed by atoms with E-state index in [2.05, 4.69) is 12.2 Å². The first-order valence-corrected chi connectivity index (χ1v) is 10.5. The summed E-state index contributed by atoms with van der Waals surface area (Å²) in [5.41, 5.74) is 7.09. The van der Waals surface area contributed by atoms with Crippen molar-refractivity contribution in [2.24, 2.45) is 11.7 Å². The molecular formula is C21H26N3O4S+. The maximum atomic E-state index is 12.7. The van der Waals surface area contributed by atoms with Gasteiger partial charge in [-0.15, -0.1) is 11.3 Å². The van der Waals surface area contributed by atoms with Crippen LogP contribution < -0.4 is 15.6 Å². The van der Waals surface area contributed by atoms with Crippen LogP contribution in [0.3, 0.4) is 0 Å². The van der Waals surface area contributed by atoms with E-state index in [1.54, 1.807) is 36.7 Å². The average molecular weight is 417 g/mol. The molecule has 29 heavy (non-hydrogen) atoms. The Kier molecular flexibility index (Phi) is 6.32. The zero-order valence-electron chi connectivity index (χ0n) is 16.9. The molecular weight excluding hydrogens is 390 g/mol. The van der Waals surface area contributed by atoms with Crippen LogP contribution in [0.5, 0.6) is 0 Å². The van der Waals surface area contributed by atoms with E-state index in [0.717, 1.165) is 29.7 Å². The molecule has 1 atom stereocenters. The lowest BCUT2D eigenvalue weighted by atomic mass is 9.88. The lowest BCUT2D eigenvalue weighted by Crippen LogP contribution is -2.40. The molecule has 0 aliphatic heterocycles. The van der Waals surface area contributed by atoms with Crippen molar-refractivity contribution in [3.63, 3.8) is 0 Å². The monoisotopic (exact) mass is 416 g/mol. The number of carbonyl (C=O) groups is 3. The van der Waals surface area contributed by atoms with Crippen LogP contribution in [0.2, 0.25) is 0 Å². The second-order valence-corrected chi connectivity index (χ2v) is 8.79. The summed E-state index contributed by atoms with van der Waals surface area (Å²) in [5.74, 6) is -0.697. The Morgan fingerprint density at radius 3 is 2.83 bits per heavy atom. The molecule has 0 bridgehead atoms. The van der Waals surface area contributed by atoms with E-state index in [1.165, 1.54) is 17.5 Å². The Morgan fingerprint density at radius 2 is 2.14 bits per heavy atom. The third-order valence-corrected chi connectivity index (χ3v) is 5.95. The van der Waals surface area contributed by atoms with E-state index in [1.807, 2.05) is 0 Å². The summed E-state index contributed by atoms with van der Waals surface area (Å²) in [6.07, 6.45) is 5.68. The number of primary amides is 1. The van der Waals surface area contributed by atoms with E-state index in [9.17, 15) is 14.4 Å². The van der Waals surface area contributed by atoms with Gasteiger partial charge in [-0.25, -0.2) is 4.79 Å². The quantitative estimate of drug-likeness (QED) is 0.558. The zero-order valence-corrected chi connectivity index (χ0v) is 17.7. The molecule has 2 aromatic rings. The minimum absolute atomic E-state index is 0.00123. The van der Waals surface area contributed by atoms with Gasteiger partial charge in [0.15, 0.2) is 12.4 Å². The van der Waals surface area contributed by atoms with Crippen LogP contribution in [0.1, 0.15) is 58.3 Å². The minimum atomic E-state index is -0.557. The van der Waals surface area contributed by atoms with Crippen molar-refractivity contribution in [1.29, 1.82) is 0 Å². The van der Waals surface area contributed by atoms with Gasteiger partial charge in [-0.2, -0.15) is 4.57 Å². The van der Waals surface area contributed by atoms with Crippen molar-refractivity contribution in [3.05, 3.63) is 46.1 Å². The first-order chi connectivity index (χ1) is 13.7. The van der Waals surface area contributed by atoms with Gasteiger partial charge in [0.2, 0.25) is 6.54 Å². The standard InChI is InChI=1S/C21H25N3O4S/c1-12(2)28-21(27)18-15-7-6-13(3)9-16(15)29-20(18)23-17(25)11-24-8-4-5-14(10-24)19(22)26/h4-5,8,10,12-13H,6-7,9,11H2,1-3H3,(H2-,22,23,25,26,27)/p+1/t13-/m0/s1. The molecule has 7 nitrogen and oxygen atoms in total. The van der Waals surface area contributed by atoms with Crippen molar-refractivity contribution in [2.45, 2.75) is 52.7 Å². The van der Waals surface area contributed by atoms with Crippen LogP contribution >= 0.6 is 11.3 Å². The third kappa shape index (κ3) is 5.00. The van der Waals surface area contributed by atoms with Gasteiger partial charge in [-0.05, 0) is 50.7 Å². The van der Waals surface area contributed by atoms with Crippen LogP contribution in [0.15, 0.2) is 24.5 Å². The predicted molar refractivity (Wildman–Crippen MR) is 110 cm³/mol. The number of ether oxygens (including phenoxy) is 1. The summed E-state index contributed by atoms with van der Waals surface area (Å²) in [4.78, 5) is 37.8. The van der Waals surface area contributed by atoms with Crippen LogP contribution in [-0.2, 0) is 28.9 Å². The van der Waals surface area contributed by atoms with E-state index in [0.29, 0.717) is 22.0 Å². The Morgan fingerprint density at radius 1 is 1.38 bits per heavy atom. The number of fused-ring (bicyclic) bond motifs is 1. The van der Waals surface area contributed by atoms with Crippen molar-refractivity contribution in [1.82, 2.24) is 0 Å². The number of pyridine rings is 1. The minimum Gasteiger partial charge on any atom is -0.459 e. The Hall–Kier alpha value is -2.74. The van der Waals surface area contributed by atoms with Crippen molar-refractivity contribution >= 4 is 34.1 Å². The molecule has 2 amide bonds. The highest BCUT2D eigenvalue weighted by molar-refractivity contribution is 7.17. The number of hydrogen-bond acceptors (Lipinski definition) is 5. The maximum absolute atomic E-state index is 12.7. The number of nitrogens with two attached hydrogens (primary N) is 1. The summed E-state index contributed by atoms with van der Waals surface area (Å²) >= 11 is 1.45. The number of esters is 1. The predicted octanol–water partition coefficient (Wildman–Crippen LogP) is 2.46. The molecule has 0 saturated heterocycles. The lowest BCUT2D eigenvalue weighted by molar-refractivity contribution is -0.684. The molecule has 154 valence electrons. The topological polar surface area (TPSA) is 102 Å². The van der Waals surface area contributed by atoms with Gasteiger partial charge in [0.25, 0.3) is 11.8 Å². The fraction of sp³-hybridized carbons (Fsp3) is 0.429. The molecule has 1 aliphatic rings. The molecule has 0 unspecified atom stereocenters. The first-order valence-electron chi connectivity index (χ1n) is 9.68. The summed E-state index contributed by atoms with van der Waals surface area (Å²) in [6.45, 7) is 5.80. The molecule has 3 N–H and O–H groups in total. The number of nitrogens with zero attached hydrogens (tertiary/aromatic N) is 1. The molecule has 8 heteroatoms. The van der Waals surface area contributed by atoms with Crippen LogP contribution in [0.4, 0.5) is 5.00 Å². The number of anilines is 1. The molecule has 0 radical (unpaired) electrons. The fourth-order valence-electron chi connectivity index (χ4n) is 3.43. The molecule has 0 aromatic carbocycles. The molecule has 2 aromatic heterocycles. The van der Waals surface area contributed by atoms with Crippen molar-refractivity contribution < 1.29 is 23.7 Å². The number of carbonyl (C=O) groups excluding carboxylic acids is 3. The van der Waals surface area contributed by atoms with E-state index in [4.69, 9.17) is 10.5 Å². The normalized spacial score (nSPS) is 15.7. The Balaban J connectivity index is 1.84. The van der Waals surface area contributed by atoms with E-state index in [-0.39, 0.29) is 18.6 Å². The smallest absolute Gasteiger partial charge is 0.341 e. The second kappa shape index (κ2) is 8.73. The summed E-state index contributed by atoms with van der Waals surface area (Å²) in [5, 5.41) is 3.41. The fourth-order valence-corrected chi connectivity index (χ4v) is 4.84. The SMILES string of the molecule is CC(C)OC(=O)c1c(NC(=O)C[n+]2cccc(C(N)=O)c2)sc2c1CC[C@H](C)C2. The highest BCUT2D eigenvalue weighted by Gasteiger charge is 2.30. The Labute approximate surface area is 173 Å². The van der Waals surface area contributed by atoms with Gasteiger partial charge < -0.3 is 15.8 Å². The maximum Gasteiger partial charge on any atom is 0.341 e. The van der Waals surface area contributed by atoms with Crippen LogP contribution in [-0.4, -0.2) is 23.9 Å². The number of amides is 2. The third-order valence-electron chi connectivity index (χ3n) is 4.78. The number of thiophene rings is 1. The molecule has 2 heterocycles. The molecule has 3 rings (SSSR count). The van der Waals surface area contributed by atoms with Gasteiger partial charge in [0, 0.05) is 10.9 Å². The summed E-state index contributed by atoms with van der Waals surface area (Å²) in [7, 11) is 0. The van der Waals surface area contributed by atoms with Crippen molar-refractivity contribution in [3.8, 4) is 0 Å². The molecule has 0 fully saturated rings. The highest BCUT2D eigenvalue weighted by atomic mass is 32.1.